The van der Waals surface area contributed by atoms with Gasteiger partial charge in [0.2, 0.25) is 21.9 Å². The molecule has 23 heavy (non-hydrogen) atoms. The lowest BCUT2D eigenvalue weighted by atomic mass is 10.4. The molecule has 0 atom stereocenters. The van der Waals surface area contributed by atoms with Gasteiger partial charge >= 0.3 is 0 Å². The number of nitrogens with zero attached hydrogens (tertiary/aromatic N) is 4. The number of nitrogens with one attached hydrogen (secondary N) is 1. The zero-order valence-corrected chi connectivity index (χ0v) is 14.1. The van der Waals surface area contributed by atoms with E-state index in [1.807, 2.05) is 4.90 Å². The molecule has 1 fully saturated rings. The minimum absolute atomic E-state index is 0.0544. The smallest absolute Gasteiger partial charge is 0.225 e. The molecule has 1 aliphatic rings. The van der Waals surface area contributed by atoms with Gasteiger partial charge in [-0.25, -0.2) is 18.4 Å². The molecule has 1 saturated heterocycles. The monoisotopic (exact) mass is 341 g/mol. The third-order valence-electron chi connectivity index (χ3n) is 3.69. The van der Waals surface area contributed by atoms with E-state index in [1.165, 1.54) is 4.31 Å². The topological polar surface area (TPSA) is 95.5 Å². The van der Waals surface area contributed by atoms with Crippen LogP contribution in [0, 0.1) is 0 Å². The van der Waals surface area contributed by atoms with Crippen LogP contribution < -0.4 is 10.2 Å². The fourth-order valence-corrected chi connectivity index (χ4v) is 3.84. The third kappa shape index (κ3) is 5.14. The Balaban J connectivity index is 1.78. The normalized spacial score (nSPS) is 16.3. The maximum absolute atomic E-state index is 12.3. The fraction of sp³-hybridized carbons (Fsp3) is 0.643. The minimum Gasteiger partial charge on any atom is -0.356 e. The Morgan fingerprint density at radius 3 is 2.48 bits per heavy atom. The van der Waals surface area contributed by atoms with Crippen molar-refractivity contribution in [1.82, 2.24) is 19.6 Å². The van der Waals surface area contributed by atoms with Gasteiger partial charge in [-0.1, -0.05) is 6.92 Å². The summed E-state index contributed by atoms with van der Waals surface area (Å²) in [6.45, 7) is 4.18. The lowest BCUT2D eigenvalue weighted by Crippen LogP contribution is -2.49. The SMILES string of the molecule is CCC(=O)NCCCS(=O)(=O)N1CCN(c2ncccn2)CC1. The van der Waals surface area contributed by atoms with Gasteiger partial charge in [0.1, 0.15) is 0 Å². The van der Waals surface area contributed by atoms with Gasteiger partial charge in [-0.3, -0.25) is 4.79 Å². The first-order valence-corrected chi connectivity index (χ1v) is 9.40. The standard InChI is InChI=1S/C14H23N5O3S/c1-2-13(20)15-7-4-12-23(21,22)19-10-8-18(9-11-19)14-16-5-3-6-17-14/h3,5-6H,2,4,7-12H2,1H3,(H,15,20). The summed E-state index contributed by atoms with van der Waals surface area (Å²) in [5, 5.41) is 2.69. The van der Waals surface area contributed by atoms with Crippen molar-refractivity contribution in [2.75, 3.05) is 43.4 Å². The summed E-state index contributed by atoms with van der Waals surface area (Å²) in [4.78, 5) is 21.5. The molecular weight excluding hydrogens is 318 g/mol. The number of amides is 1. The number of carbonyl (C=O) groups is 1. The molecule has 1 aliphatic heterocycles. The van der Waals surface area contributed by atoms with Crippen LogP contribution >= 0.6 is 0 Å². The first kappa shape index (κ1) is 17.6. The summed E-state index contributed by atoms with van der Waals surface area (Å²) in [5.41, 5.74) is 0. The number of hydrogen-bond donors (Lipinski definition) is 1. The van der Waals surface area contributed by atoms with E-state index < -0.39 is 10.0 Å². The summed E-state index contributed by atoms with van der Waals surface area (Å²) in [5.74, 6) is 0.629. The molecule has 0 unspecified atom stereocenters. The Morgan fingerprint density at radius 1 is 1.22 bits per heavy atom. The molecule has 1 aromatic heterocycles. The minimum atomic E-state index is -3.28. The predicted molar refractivity (Wildman–Crippen MR) is 87.5 cm³/mol. The van der Waals surface area contributed by atoms with Gasteiger partial charge < -0.3 is 10.2 Å². The lowest BCUT2D eigenvalue weighted by molar-refractivity contribution is -0.120. The number of piperazine rings is 1. The van der Waals surface area contributed by atoms with Gasteiger partial charge in [0, 0.05) is 51.5 Å². The van der Waals surface area contributed by atoms with Crippen LogP contribution in [0.25, 0.3) is 0 Å². The number of aromatic nitrogens is 2. The van der Waals surface area contributed by atoms with Crippen molar-refractivity contribution < 1.29 is 13.2 Å². The summed E-state index contributed by atoms with van der Waals surface area (Å²) in [6.07, 6.45) is 4.19. The van der Waals surface area contributed by atoms with Crippen LogP contribution in [-0.2, 0) is 14.8 Å². The van der Waals surface area contributed by atoms with Gasteiger partial charge in [-0.05, 0) is 12.5 Å². The van der Waals surface area contributed by atoms with Crippen molar-refractivity contribution in [3.8, 4) is 0 Å². The average molecular weight is 341 g/mol. The Hall–Kier alpha value is -1.74. The van der Waals surface area contributed by atoms with E-state index in [9.17, 15) is 13.2 Å². The Labute approximate surface area is 137 Å². The largest absolute Gasteiger partial charge is 0.356 e. The first-order valence-electron chi connectivity index (χ1n) is 7.79. The maximum atomic E-state index is 12.3. The number of carbonyl (C=O) groups excluding carboxylic acids is 1. The van der Waals surface area contributed by atoms with Gasteiger partial charge in [0.15, 0.2) is 0 Å². The van der Waals surface area contributed by atoms with Crippen molar-refractivity contribution in [2.45, 2.75) is 19.8 Å². The number of hydrogen-bond acceptors (Lipinski definition) is 6. The van der Waals surface area contributed by atoms with E-state index in [4.69, 9.17) is 0 Å². The molecule has 2 heterocycles. The van der Waals surface area contributed by atoms with Crippen LogP contribution in [-0.4, -0.2) is 67.1 Å². The average Bonchev–Trinajstić information content (AvgIpc) is 2.59. The highest BCUT2D eigenvalue weighted by atomic mass is 32.2. The Kier molecular flexibility index (Phi) is 6.28. The number of sulfonamides is 1. The third-order valence-corrected chi connectivity index (χ3v) is 5.65. The van der Waals surface area contributed by atoms with E-state index in [0.717, 1.165) is 0 Å². The highest BCUT2D eigenvalue weighted by molar-refractivity contribution is 7.89. The van der Waals surface area contributed by atoms with E-state index in [1.54, 1.807) is 25.4 Å². The second-order valence-electron chi connectivity index (χ2n) is 5.31. The van der Waals surface area contributed by atoms with Crippen molar-refractivity contribution in [2.24, 2.45) is 0 Å². The Bertz CT molecular complexity index is 600. The molecule has 0 saturated carbocycles. The van der Waals surface area contributed by atoms with Crippen LogP contribution in [0.2, 0.25) is 0 Å². The number of anilines is 1. The molecule has 0 spiro atoms. The van der Waals surface area contributed by atoms with Crippen molar-refractivity contribution in [3.63, 3.8) is 0 Å². The van der Waals surface area contributed by atoms with Crippen molar-refractivity contribution >= 4 is 21.9 Å². The molecule has 0 aliphatic carbocycles. The van der Waals surface area contributed by atoms with E-state index in [0.29, 0.717) is 51.5 Å². The summed E-state index contributed by atoms with van der Waals surface area (Å²) < 4.78 is 26.1. The molecule has 0 bridgehead atoms. The molecular formula is C14H23N5O3S. The summed E-state index contributed by atoms with van der Waals surface area (Å²) in [7, 11) is -3.28. The van der Waals surface area contributed by atoms with E-state index in [-0.39, 0.29) is 11.7 Å². The molecule has 8 nitrogen and oxygen atoms in total. The highest BCUT2D eigenvalue weighted by Gasteiger charge is 2.27. The van der Waals surface area contributed by atoms with Crippen LogP contribution in [0.4, 0.5) is 5.95 Å². The second-order valence-corrected chi connectivity index (χ2v) is 7.40. The fourth-order valence-electron chi connectivity index (χ4n) is 2.36. The van der Waals surface area contributed by atoms with Crippen LogP contribution in [0.5, 0.6) is 0 Å². The Morgan fingerprint density at radius 2 is 1.87 bits per heavy atom. The van der Waals surface area contributed by atoms with Crippen LogP contribution in [0.15, 0.2) is 18.5 Å². The molecule has 2 rings (SSSR count). The van der Waals surface area contributed by atoms with Crippen molar-refractivity contribution in [1.29, 1.82) is 0 Å². The predicted octanol–water partition coefficient (Wildman–Crippen LogP) is -0.155. The van der Waals surface area contributed by atoms with Crippen LogP contribution in [0.1, 0.15) is 19.8 Å². The van der Waals surface area contributed by atoms with Crippen LogP contribution in [0.3, 0.4) is 0 Å². The summed E-state index contributed by atoms with van der Waals surface area (Å²) >= 11 is 0. The molecule has 1 N–H and O–H groups in total. The second kappa shape index (κ2) is 8.21. The molecule has 128 valence electrons. The zero-order valence-electron chi connectivity index (χ0n) is 13.3. The first-order chi connectivity index (χ1) is 11.0. The van der Waals surface area contributed by atoms with Gasteiger partial charge in [-0.2, -0.15) is 4.31 Å². The van der Waals surface area contributed by atoms with Gasteiger partial charge in [-0.15, -0.1) is 0 Å². The quantitative estimate of drug-likeness (QED) is 0.693. The van der Waals surface area contributed by atoms with Crippen molar-refractivity contribution in [3.05, 3.63) is 18.5 Å². The molecule has 0 aromatic carbocycles. The summed E-state index contributed by atoms with van der Waals surface area (Å²) in [6, 6.07) is 1.75. The maximum Gasteiger partial charge on any atom is 0.225 e. The lowest BCUT2D eigenvalue weighted by Gasteiger charge is -2.33. The van der Waals surface area contributed by atoms with E-state index >= 15 is 0 Å². The van der Waals surface area contributed by atoms with Gasteiger partial charge in [0.25, 0.3) is 0 Å². The molecule has 1 amide bonds. The molecule has 9 heteroatoms. The highest BCUT2D eigenvalue weighted by Crippen LogP contribution is 2.13. The number of rotatable bonds is 7. The molecule has 1 aromatic rings. The van der Waals surface area contributed by atoms with Gasteiger partial charge in [0.05, 0.1) is 5.75 Å². The molecule has 0 radical (unpaired) electrons. The zero-order chi connectivity index (χ0) is 16.7. The van der Waals surface area contributed by atoms with E-state index in [2.05, 4.69) is 15.3 Å².